The molecule has 0 spiro atoms. The molecule has 0 radical (unpaired) electrons. The lowest BCUT2D eigenvalue weighted by molar-refractivity contribution is -0.0907. The molecule has 17 nitrogen and oxygen atoms in total. The largest absolute Gasteiger partial charge is 0.443 e. The number of alkyl carbamates (subject to hydrolysis) is 1. The SMILES string of the molecule is CC(C)CN(C[C@@H](O)[C@H](Cc1ccccc1)NC(=O)Nc1ccc(S(=O)(=O)N(CC(C)C)C[C@@H](O)[C@H](Cc2ccccc2)NC(=O)O[C@H]2CO[C@H]3OCC[C@H]32)cc1)S(=O)(=O)c1ccc(N)cc1. The minimum Gasteiger partial charge on any atom is -0.443 e. The van der Waals surface area contributed by atoms with E-state index in [0.717, 1.165) is 11.1 Å². The van der Waals surface area contributed by atoms with Crippen molar-refractivity contribution in [1.29, 1.82) is 0 Å². The molecule has 0 unspecified atom stereocenters. The van der Waals surface area contributed by atoms with Crippen molar-refractivity contribution in [2.75, 3.05) is 50.4 Å². The molecule has 4 aromatic carbocycles. The van der Waals surface area contributed by atoms with Crippen LogP contribution in [0, 0.1) is 17.8 Å². The number of nitrogen functional groups attached to an aromatic ring is 1. The van der Waals surface area contributed by atoms with E-state index in [0.29, 0.717) is 18.7 Å². The number of amides is 3. The molecule has 2 heterocycles. The van der Waals surface area contributed by atoms with Crippen LogP contribution in [0.25, 0.3) is 0 Å². The lowest BCUT2D eigenvalue weighted by Crippen LogP contribution is -2.52. The highest BCUT2D eigenvalue weighted by atomic mass is 32.2. The zero-order valence-corrected chi connectivity index (χ0v) is 39.9. The summed E-state index contributed by atoms with van der Waals surface area (Å²) in [5, 5.41) is 31.7. The minimum atomic E-state index is -4.24. The lowest BCUT2D eigenvalue weighted by Gasteiger charge is -2.31. The molecule has 7 atom stereocenters. The molecule has 2 saturated heterocycles. The van der Waals surface area contributed by atoms with Gasteiger partial charge in [0, 0.05) is 37.6 Å². The number of nitrogens with two attached hydrogens (primary N) is 1. The molecular weight excluding hydrogens is 901 g/mol. The van der Waals surface area contributed by atoms with Crippen molar-refractivity contribution >= 4 is 43.5 Å². The van der Waals surface area contributed by atoms with Gasteiger partial charge < -0.3 is 46.1 Å². The number of benzene rings is 4. The number of urea groups is 1. The van der Waals surface area contributed by atoms with Gasteiger partial charge in [0.25, 0.3) is 0 Å². The predicted molar refractivity (Wildman–Crippen MR) is 254 cm³/mol. The molecular formula is C48H64N6O11S2. The number of fused-ring (bicyclic) bond motifs is 1. The number of hydrogen-bond acceptors (Lipinski definition) is 12. The summed E-state index contributed by atoms with van der Waals surface area (Å²) in [4.78, 5) is 26.8. The first kappa shape index (κ1) is 51.3. The van der Waals surface area contributed by atoms with E-state index in [1.54, 1.807) is 0 Å². The monoisotopic (exact) mass is 964 g/mol. The molecule has 19 heteroatoms. The number of nitrogens with one attached hydrogen (secondary N) is 3. The zero-order valence-electron chi connectivity index (χ0n) is 38.3. The third-order valence-electron chi connectivity index (χ3n) is 11.6. The third-order valence-corrected chi connectivity index (χ3v) is 15.3. The first-order valence-electron chi connectivity index (χ1n) is 22.6. The second-order valence-electron chi connectivity index (χ2n) is 18.0. The highest BCUT2D eigenvalue weighted by Crippen LogP contribution is 2.33. The van der Waals surface area contributed by atoms with E-state index in [4.69, 9.17) is 19.9 Å². The van der Waals surface area contributed by atoms with Gasteiger partial charge in [0.1, 0.15) is 6.10 Å². The number of carbonyl (C=O) groups is 2. The summed E-state index contributed by atoms with van der Waals surface area (Å²) in [6.07, 6.45) is -3.39. The summed E-state index contributed by atoms with van der Waals surface area (Å²) >= 11 is 0. The highest BCUT2D eigenvalue weighted by molar-refractivity contribution is 7.89. The van der Waals surface area contributed by atoms with Crippen molar-refractivity contribution in [3.05, 3.63) is 120 Å². The van der Waals surface area contributed by atoms with Gasteiger partial charge in [0.05, 0.1) is 53.2 Å². The van der Waals surface area contributed by atoms with Gasteiger partial charge in [-0.2, -0.15) is 8.61 Å². The van der Waals surface area contributed by atoms with Crippen molar-refractivity contribution in [3.63, 3.8) is 0 Å². The van der Waals surface area contributed by atoms with Crippen LogP contribution in [0.15, 0.2) is 119 Å². The summed E-state index contributed by atoms with van der Waals surface area (Å²) in [7, 11) is -8.30. The van der Waals surface area contributed by atoms with E-state index in [1.165, 1.54) is 57.1 Å². The second kappa shape index (κ2) is 23.3. The fraction of sp³-hybridized carbons (Fsp3) is 0.458. The highest BCUT2D eigenvalue weighted by Gasteiger charge is 2.44. The molecule has 364 valence electrons. The molecule has 0 aliphatic carbocycles. The topological polar surface area (TPSA) is 239 Å². The fourth-order valence-corrected chi connectivity index (χ4v) is 11.4. The fourth-order valence-electron chi connectivity index (χ4n) is 8.18. The Morgan fingerprint density at radius 3 is 1.66 bits per heavy atom. The molecule has 7 N–H and O–H groups in total. The number of aliphatic hydroxyl groups excluding tert-OH is 2. The van der Waals surface area contributed by atoms with Crippen LogP contribution in [0.2, 0.25) is 0 Å². The maximum atomic E-state index is 14.3. The summed E-state index contributed by atoms with van der Waals surface area (Å²) in [6, 6.07) is 27.1. The smallest absolute Gasteiger partial charge is 0.407 e. The van der Waals surface area contributed by atoms with Crippen LogP contribution in [0.4, 0.5) is 21.0 Å². The summed E-state index contributed by atoms with van der Waals surface area (Å²) < 4.78 is 75.5. The van der Waals surface area contributed by atoms with Gasteiger partial charge in [-0.15, -0.1) is 0 Å². The van der Waals surface area contributed by atoms with Crippen LogP contribution in [0.5, 0.6) is 0 Å². The Morgan fingerprint density at radius 2 is 1.16 bits per heavy atom. The van der Waals surface area contributed by atoms with Crippen molar-refractivity contribution in [3.8, 4) is 0 Å². The molecule has 0 aromatic heterocycles. The van der Waals surface area contributed by atoms with Gasteiger partial charge in [0.2, 0.25) is 20.0 Å². The second-order valence-corrected chi connectivity index (χ2v) is 21.8. The van der Waals surface area contributed by atoms with Crippen LogP contribution in [-0.4, -0.2) is 124 Å². The Kier molecular flexibility index (Phi) is 17.8. The Labute approximate surface area is 394 Å². The van der Waals surface area contributed by atoms with Crippen LogP contribution in [0.3, 0.4) is 0 Å². The molecule has 6 rings (SSSR count). The lowest BCUT2D eigenvalue weighted by atomic mass is 10.0. The molecule has 2 aliphatic heterocycles. The van der Waals surface area contributed by atoms with Crippen molar-refractivity contribution < 1.29 is 50.8 Å². The number of carbonyl (C=O) groups excluding carboxylic acids is 2. The number of hydrogen-bond donors (Lipinski definition) is 6. The molecule has 2 aliphatic rings. The van der Waals surface area contributed by atoms with E-state index in [1.807, 2.05) is 88.4 Å². The average molecular weight is 965 g/mol. The maximum Gasteiger partial charge on any atom is 0.407 e. The normalized spacial score (nSPS) is 19.2. The first-order chi connectivity index (χ1) is 31.9. The van der Waals surface area contributed by atoms with Gasteiger partial charge in [-0.3, -0.25) is 0 Å². The van der Waals surface area contributed by atoms with E-state index in [2.05, 4.69) is 16.0 Å². The molecule has 2 fully saturated rings. The molecule has 0 bridgehead atoms. The predicted octanol–water partition coefficient (Wildman–Crippen LogP) is 4.82. The number of aliphatic hydroxyl groups is 2. The van der Waals surface area contributed by atoms with Crippen LogP contribution >= 0.6 is 0 Å². The number of ether oxygens (including phenoxy) is 3. The van der Waals surface area contributed by atoms with E-state index in [9.17, 15) is 36.6 Å². The summed E-state index contributed by atoms with van der Waals surface area (Å²) in [5.74, 6) is -0.330. The van der Waals surface area contributed by atoms with Crippen LogP contribution in [0.1, 0.15) is 45.2 Å². The van der Waals surface area contributed by atoms with Crippen LogP contribution < -0.4 is 21.7 Å². The molecule has 4 aromatic rings. The number of anilines is 2. The number of rotatable bonds is 22. The van der Waals surface area contributed by atoms with Gasteiger partial charge in [-0.25, -0.2) is 26.4 Å². The van der Waals surface area contributed by atoms with Crippen molar-refractivity contribution in [2.45, 2.75) is 93.4 Å². The van der Waals surface area contributed by atoms with Crippen LogP contribution in [-0.2, 0) is 47.1 Å². The Balaban J connectivity index is 1.14. The Bertz CT molecular complexity index is 2430. The first-order valence-corrected chi connectivity index (χ1v) is 25.4. The Hall–Kier alpha value is -5.12. The van der Waals surface area contributed by atoms with E-state index >= 15 is 0 Å². The standard InChI is InChI=1S/C48H64N6O11S2/c1-32(2)27-53(66(59,60)38-19-15-36(49)16-20-38)29-43(55)41(25-34-11-7-5-8-12-34)51-47(57)50-37-17-21-39(22-18-37)67(61,62)54(28-33(3)4)30-44(56)42(26-35-13-9-6-10-14-35)52-48(58)65-45-31-64-46-40(45)23-24-63-46/h5-22,32-33,40-46,55-56H,23-31,49H2,1-4H3,(H,52,58)(H2,50,51,57)/t40-,41-,42-,43+,44+,45-,46+/m0/s1. The van der Waals surface area contributed by atoms with E-state index in [-0.39, 0.29) is 78.9 Å². The minimum absolute atomic E-state index is 0.0174. The summed E-state index contributed by atoms with van der Waals surface area (Å²) in [5.41, 5.74) is 8.04. The maximum absolute atomic E-state index is 14.3. The number of sulfonamides is 2. The average Bonchev–Trinajstić information content (AvgIpc) is 3.91. The van der Waals surface area contributed by atoms with E-state index < -0.39 is 68.9 Å². The van der Waals surface area contributed by atoms with Gasteiger partial charge in [-0.1, -0.05) is 88.4 Å². The van der Waals surface area contributed by atoms with Gasteiger partial charge >= 0.3 is 12.1 Å². The third kappa shape index (κ3) is 14.2. The Morgan fingerprint density at radius 1 is 0.687 bits per heavy atom. The molecule has 0 saturated carbocycles. The van der Waals surface area contributed by atoms with Gasteiger partial charge in [-0.05, 0) is 90.8 Å². The number of nitrogens with zero attached hydrogens (tertiary/aromatic N) is 2. The van der Waals surface area contributed by atoms with Gasteiger partial charge in [0.15, 0.2) is 6.29 Å². The molecule has 3 amide bonds. The van der Waals surface area contributed by atoms with Crippen molar-refractivity contribution in [2.24, 2.45) is 17.8 Å². The summed E-state index contributed by atoms with van der Waals surface area (Å²) in [6.45, 7) is 7.59. The molecule has 67 heavy (non-hydrogen) atoms. The zero-order chi connectivity index (χ0) is 48.3. The van der Waals surface area contributed by atoms with Crippen molar-refractivity contribution in [1.82, 2.24) is 19.2 Å². The quantitative estimate of drug-likeness (QED) is 0.0582.